The molecule has 4 nitrogen and oxygen atoms in total. The molecule has 0 spiro atoms. The number of aromatic hydroxyl groups is 1. The van der Waals surface area contributed by atoms with E-state index in [9.17, 15) is 4.79 Å². The monoisotopic (exact) mass is 193 g/mol. The third-order valence-electron chi connectivity index (χ3n) is 1.67. The van der Waals surface area contributed by atoms with Crippen molar-refractivity contribution in [3.8, 4) is 5.75 Å². The molecule has 0 atom stereocenters. The van der Waals surface area contributed by atoms with Gasteiger partial charge in [-0.1, -0.05) is 0 Å². The average molecular weight is 193 g/mol. The first-order valence-electron chi connectivity index (χ1n) is 3.98. The van der Waals surface area contributed by atoms with Gasteiger partial charge in [0.05, 0.1) is 7.11 Å². The van der Waals surface area contributed by atoms with Crippen LogP contribution in [0, 0.1) is 0 Å². The summed E-state index contributed by atoms with van der Waals surface area (Å²) in [5.74, 6) is -0.364. The second-order valence-corrected chi connectivity index (χ2v) is 2.67. The van der Waals surface area contributed by atoms with Crippen molar-refractivity contribution in [3.63, 3.8) is 0 Å². The molecule has 0 radical (unpaired) electrons. The summed E-state index contributed by atoms with van der Waals surface area (Å²) in [5, 5.41) is 9.15. The van der Waals surface area contributed by atoms with Gasteiger partial charge in [-0.25, -0.2) is 4.79 Å². The summed E-state index contributed by atoms with van der Waals surface area (Å²) < 4.78 is 4.41. The van der Waals surface area contributed by atoms with Gasteiger partial charge in [-0.3, -0.25) is 0 Å². The summed E-state index contributed by atoms with van der Waals surface area (Å²) in [7, 11) is 1.29. The number of carbonyl (C=O) groups excluding carboxylic acids is 1. The summed E-state index contributed by atoms with van der Waals surface area (Å²) in [4.78, 5) is 10.8. The number of nitrogens with two attached hydrogens (primary N) is 1. The highest BCUT2D eigenvalue weighted by Gasteiger charge is 1.98. The van der Waals surface area contributed by atoms with E-state index in [0.29, 0.717) is 11.3 Å². The lowest BCUT2D eigenvalue weighted by Gasteiger charge is -2.00. The molecule has 0 bridgehead atoms. The number of methoxy groups -OCH3 is 1. The highest BCUT2D eigenvalue weighted by Crippen LogP contribution is 2.19. The van der Waals surface area contributed by atoms with Gasteiger partial charge in [-0.05, 0) is 24.3 Å². The molecule has 1 rings (SSSR count). The number of rotatable bonds is 2. The quantitative estimate of drug-likeness (QED) is 0.320. The zero-order valence-corrected chi connectivity index (χ0v) is 7.73. The number of hydrogen-bond acceptors (Lipinski definition) is 4. The second-order valence-electron chi connectivity index (χ2n) is 2.67. The Bertz CT molecular complexity index is 372. The van der Waals surface area contributed by atoms with Crippen molar-refractivity contribution >= 4 is 17.7 Å². The van der Waals surface area contributed by atoms with E-state index in [-0.39, 0.29) is 5.75 Å². The van der Waals surface area contributed by atoms with Crippen LogP contribution in [0.5, 0.6) is 5.75 Å². The molecule has 3 N–H and O–H groups in total. The van der Waals surface area contributed by atoms with Crippen molar-refractivity contribution in [2.45, 2.75) is 0 Å². The summed E-state index contributed by atoms with van der Waals surface area (Å²) in [6.45, 7) is 0. The number of benzene rings is 1. The van der Waals surface area contributed by atoms with Gasteiger partial charge in [0.25, 0.3) is 0 Å². The molecule has 0 unspecified atom stereocenters. The van der Waals surface area contributed by atoms with E-state index in [1.54, 1.807) is 6.07 Å². The lowest BCUT2D eigenvalue weighted by molar-refractivity contribution is -0.134. The maximum atomic E-state index is 10.8. The Balaban J connectivity index is 2.90. The lowest BCUT2D eigenvalue weighted by Crippen LogP contribution is -1.94. The molecule has 0 saturated carbocycles. The fourth-order valence-electron chi connectivity index (χ4n) is 0.932. The van der Waals surface area contributed by atoms with Crippen molar-refractivity contribution in [1.29, 1.82) is 0 Å². The number of ether oxygens (including phenoxy) is 1. The van der Waals surface area contributed by atoms with Crippen LogP contribution >= 0.6 is 0 Å². The minimum Gasteiger partial charge on any atom is -0.508 e. The fourth-order valence-corrected chi connectivity index (χ4v) is 0.932. The summed E-state index contributed by atoms with van der Waals surface area (Å²) in [6.07, 6.45) is 2.73. The third kappa shape index (κ3) is 2.52. The van der Waals surface area contributed by atoms with E-state index < -0.39 is 5.97 Å². The van der Waals surface area contributed by atoms with Crippen molar-refractivity contribution in [2.24, 2.45) is 0 Å². The molecule has 0 amide bonds. The van der Waals surface area contributed by atoms with Crippen LogP contribution in [0.4, 0.5) is 5.69 Å². The first-order chi connectivity index (χ1) is 6.63. The Kier molecular flexibility index (Phi) is 3.12. The topological polar surface area (TPSA) is 72.5 Å². The molecule has 1 aromatic carbocycles. The number of anilines is 1. The normalized spacial score (nSPS) is 10.4. The molecule has 74 valence electrons. The molecule has 0 aromatic heterocycles. The minimum absolute atomic E-state index is 0.101. The van der Waals surface area contributed by atoms with Crippen LogP contribution in [0.2, 0.25) is 0 Å². The molecule has 0 aliphatic heterocycles. The molecule has 1 aromatic rings. The van der Waals surface area contributed by atoms with Crippen LogP contribution in [0.15, 0.2) is 24.3 Å². The van der Waals surface area contributed by atoms with Crippen molar-refractivity contribution in [3.05, 3.63) is 29.8 Å². The van der Waals surface area contributed by atoms with Gasteiger partial charge in [-0.2, -0.15) is 0 Å². The van der Waals surface area contributed by atoms with Gasteiger partial charge in [-0.15, -0.1) is 0 Å². The van der Waals surface area contributed by atoms with Crippen LogP contribution in [0.25, 0.3) is 6.08 Å². The van der Waals surface area contributed by atoms with Crippen LogP contribution in [-0.4, -0.2) is 18.2 Å². The van der Waals surface area contributed by atoms with E-state index in [1.807, 2.05) is 0 Å². The maximum absolute atomic E-state index is 10.8. The van der Waals surface area contributed by atoms with Crippen LogP contribution in [-0.2, 0) is 9.53 Å². The largest absolute Gasteiger partial charge is 0.508 e. The molecular weight excluding hydrogens is 182 g/mol. The number of carbonyl (C=O) groups is 1. The Morgan fingerprint density at radius 2 is 2.29 bits per heavy atom. The SMILES string of the molecule is COC(=O)/C=C\c1cc(O)ccc1N. The van der Waals surface area contributed by atoms with Gasteiger partial charge < -0.3 is 15.6 Å². The summed E-state index contributed by atoms with van der Waals surface area (Å²) in [5.41, 5.74) is 6.67. The van der Waals surface area contributed by atoms with E-state index in [1.165, 1.54) is 31.4 Å². The summed E-state index contributed by atoms with van der Waals surface area (Å²) >= 11 is 0. The molecule has 0 heterocycles. The number of nitrogen functional groups attached to an aromatic ring is 1. The van der Waals surface area contributed by atoms with Crippen molar-refractivity contribution < 1.29 is 14.6 Å². The Labute approximate surface area is 81.6 Å². The average Bonchev–Trinajstić information content (AvgIpc) is 2.19. The number of phenolic OH excluding ortho intramolecular Hbond substituents is 1. The van der Waals surface area contributed by atoms with Crippen molar-refractivity contribution in [2.75, 3.05) is 12.8 Å². The summed E-state index contributed by atoms with van der Waals surface area (Å²) in [6, 6.07) is 4.51. The molecule has 14 heavy (non-hydrogen) atoms. The van der Waals surface area contributed by atoms with Gasteiger partial charge in [0, 0.05) is 17.3 Å². The molecular formula is C10H11NO3. The lowest BCUT2D eigenvalue weighted by atomic mass is 10.1. The van der Waals surface area contributed by atoms with Gasteiger partial charge in [0.15, 0.2) is 0 Å². The van der Waals surface area contributed by atoms with E-state index in [4.69, 9.17) is 10.8 Å². The fraction of sp³-hybridized carbons (Fsp3) is 0.100. The molecule has 0 aliphatic rings. The number of hydrogen-bond donors (Lipinski definition) is 2. The van der Waals surface area contributed by atoms with Gasteiger partial charge in [0.2, 0.25) is 0 Å². The minimum atomic E-state index is -0.465. The first kappa shape index (κ1) is 10.1. The highest BCUT2D eigenvalue weighted by atomic mass is 16.5. The molecule has 0 fully saturated rings. The first-order valence-corrected chi connectivity index (χ1v) is 3.98. The standard InChI is InChI=1S/C10H11NO3/c1-14-10(13)5-2-7-6-8(12)3-4-9(7)11/h2-6,12H,11H2,1H3/b5-2-. The third-order valence-corrected chi connectivity index (χ3v) is 1.67. The highest BCUT2D eigenvalue weighted by molar-refractivity contribution is 5.88. The zero-order chi connectivity index (χ0) is 10.6. The Morgan fingerprint density at radius 3 is 2.93 bits per heavy atom. The van der Waals surface area contributed by atoms with Crippen LogP contribution < -0.4 is 5.73 Å². The van der Waals surface area contributed by atoms with E-state index in [2.05, 4.69) is 4.74 Å². The smallest absolute Gasteiger partial charge is 0.330 e. The number of phenols is 1. The predicted molar refractivity (Wildman–Crippen MR) is 53.6 cm³/mol. The maximum Gasteiger partial charge on any atom is 0.330 e. The van der Waals surface area contributed by atoms with Crippen molar-refractivity contribution in [1.82, 2.24) is 0 Å². The molecule has 4 heteroatoms. The Morgan fingerprint density at radius 1 is 1.57 bits per heavy atom. The second kappa shape index (κ2) is 4.32. The van der Waals surface area contributed by atoms with Gasteiger partial charge >= 0.3 is 5.97 Å². The van der Waals surface area contributed by atoms with Crippen LogP contribution in [0.3, 0.4) is 0 Å². The Hall–Kier alpha value is -1.97. The van der Waals surface area contributed by atoms with Crippen LogP contribution in [0.1, 0.15) is 5.56 Å². The van der Waals surface area contributed by atoms with Gasteiger partial charge in [0.1, 0.15) is 5.75 Å². The predicted octanol–water partition coefficient (Wildman–Crippen LogP) is 1.16. The van der Waals surface area contributed by atoms with E-state index >= 15 is 0 Å². The molecule has 0 saturated heterocycles. The zero-order valence-electron chi connectivity index (χ0n) is 7.73. The number of esters is 1. The molecule has 0 aliphatic carbocycles. The van der Waals surface area contributed by atoms with E-state index in [0.717, 1.165) is 0 Å².